The molecule has 1 aromatic carbocycles. The minimum atomic E-state index is -0.401. The van der Waals surface area contributed by atoms with Gasteiger partial charge < -0.3 is 13.9 Å². The summed E-state index contributed by atoms with van der Waals surface area (Å²) in [6, 6.07) is 9.29. The number of hydrogen-bond acceptors (Lipinski definition) is 4. The Kier molecular flexibility index (Phi) is 4.03. The standard InChI is InChI=1S/C15H14O4/c1-17-13-6-3-11(4-7-13)15-12(9-10-19-15)5-8-14(16)18-2/h3-10H,1-2H3/b8-5+. The lowest BCUT2D eigenvalue weighted by molar-refractivity contribution is -0.134. The Balaban J connectivity index is 2.27. The van der Waals surface area contributed by atoms with E-state index in [1.807, 2.05) is 24.3 Å². The molecule has 2 rings (SSSR count). The Morgan fingerprint density at radius 3 is 2.53 bits per heavy atom. The highest BCUT2D eigenvalue weighted by Crippen LogP contribution is 2.27. The van der Waals surface area contributed by atoms with Gasteiger partial charge in [-0.2, -0.15) is 0 Å². The lowest BCUT2D eigenvalue weighted by atomic mass is 10.1. The summed E-state index contributed by atoms with van der Waals surface area (Å²) in [5.74, 6) is 1.08. The highest BCUT2D eigenvalue weighted by molar-refractivity contribution is 5.88. The smallest absolute Gasteiger partial charge is 0.330 e. The average molecular weight is 258 g/mol. The molecule has 0 spiro atoms. The van der Waals surface area contributed by atoms with Gasteiger partial charge in [-0.25, -0.2) is 4.79 Å². The number of carbonyl (C=O) groups is 1. The second-order valence-electron chi connectivity index (χ2n) is 3.79. The zero-order valence-electron chi connectivity index (χ0n) is 10.8. The predicted molar refractivity (Wildman–Crippen MR) is 71.7 cm³/mol. The van der Waals surface area contributed by atoms with E-state index >= 15 is 0 Å². The van der Waals surface area contributed by atoms with E-state index in [0.717, 1.165) is 16.9 Å². The maximum atomic E-state index is 11.1. The quantitative estimate of drug-likeness (QED) is 0.624. The number of benzene rings is 1. The van der Waals surface area contributed by atoms with Crippen LogP contribution in [0.2, 0.25) is 0 Å². The summed E-state index contributed by atoms with van der Waals surface area (Å²) in [5, 5.41) is 0. The average Bonchev–Trinajstić information content (AvgIpc) is 2.93. The van der Waals surface area contributed by atoms with Gasteiger partial charge in [0.15, 0.2) is 0 Å². The minimum Gasteiger partial charge on any atom is -0.497 e. The van der Waals surface area contributed by atoms with Crippen LogP contribution in [-0.2, 0) is 9.53 Å². The maximum Gasteiger partial charge on any atom is 0.330 e. The third-order valence-corrected chi connectivity index (χ3v) is 2.65. The van der Waals surface area contributed by atoms with Crippen molar-refractivity contribution in [2.45, 2.75) is 0 Å². The molecule has 0 unspecified atom stereocenters. The molecule has 98 valence electrons. The van der Waals surface area contributed by atoms with Crippen molar-refractivity contribution in [1.82, 2.24) is 0 Å². The Hall–Kier alpha value is -2.49. The highest BCUT2D eigenvalue weighted by Gasteiger charge is 2.07. The van der Waals surface area contributed by atoms with Crippen LogP contribution in [-0.4, -0.2) is 20.2 Å². The first-order valence-corrected chi connectivity index (χ1v) is 5.72. The molecule has 0 aliphatic heterocycles. The van der Waals surface area contributed by atoms with Crippen molar-refractivity contribution in [2.75, 3.05) is 14.2 Å². The SMILES string of the molecule is COC(=O)/C=C/c1ccoc1-c1ccc(OC)cc1. The van der Waals surface area contributed by atoms with Gasteiger partial charge in [-0.15, -0.1) is 0 Å². The number of carbonyl (C=O) groups excluding carboxylic acids is 1. The van der Waals surface area contributed by atoms with Crippen LogP contribution in [0.5, 0.6) is 5.75 Å². The first-order chi connectivity index (χ1) is 9.24. The Morgan fingerprint density at radius 1 is 1.16 bits per heavy atom. The largest absolute Gasteiger partial charge is 0.497 e. The predicted octanol–water partition coefficient (Wildman–Crippen LogP) is 3.14. The van der Waals surface area contributed by atoms with Gasteiger partial charge in [0.25, 0.3) is 0 Å². The van der Waals surface area contributed by atoms with E-state index in [1.54, 1.807) is 25.5 Å². The zero-order valence-corrected chi connectivity index (χ0v) is 10.8. The lowest BCUT2D eigenvalue weighted by Gasteiger charge is -2.02. The lowest BCUT2D eigenvalue weighted by Crippen LogP contribution is -1.93. The van der Waals surface area contributed by atoms with E-state index in [-0.39, 0.29) is 0 Å². The molecule has 0 amide bonds. The molecule has 2 aromatic rings. The van der Waals surface area contributed by atoms with Gasteiger partial charge in [-0.3, -0.25) is 0 Å². The summed E-state index contributed by atoms with van der Waals surface area (Å²) in [7, 11) is 2.96. The van der Waals surface area contributed by atoms with Gasteiger partial charge in [0.1, 0.15) is 11.5 Å². The van der Waals surface area contributed by atoms with Crippen LogP contribution in [0.25, 0.3) is 17.4 Å². The first-order valence-electron chi connectivity index (χ1n) is 5.72. The van der Waals surface area contributed by atoms with Crippen LogP contribution < -0.4 is 4.74 Å². The maximum absolute atomic E-state index is 11.1. The van der Waals surface area contributed by atoms with Crippen LogP contribution in [0.3, 0.4) is 0 Å². The molecular weight excluding hydrogens is 244 g/mol. The second-order valence-corrected chi connectivity index (χ2v) is 3.79. The van der Waals surface area contributed by atoms with E-state index in [0.29, 0.717) is 5.76 Å². The van der Waals surface area contributed by atoms with E-state index in [4.69, 9.17) is 9.15 Å². The number of esters is 1. The van der Waals surface area contributed by atoms with Crippen molar-refractivity contribution in [2.24, 2.45) is 0 Å². The topological polar surface area (TPSA) is 48.7 Å². The van der Waals surface area contributed by atoms with E-state index < -0.39 is 5.97 Å². The Labute approximate surface area is 111 Å². The highest BCUT2D eigenvalue weighted by atomic mass is 16.5. The molecule has 0 radical (unpaired) electrons. The van der Waals surface area contributed by atoms with Gasteiger partial charge in [0, 0.05) is 17.2 Å². The number of rotatable bonds is 4. The molecule has 0 aliphatic rings. The summed E-state index contributed by atoms with van der Waals surface area (Å²) in [6.07, 6.45) is 4.60. The van der Waals surface area contributed by atoms with Gasteiger partial charge in [0.2, 0.25) is 0 Å². The molecule has 1 heterocycles. The van der Waals surface area contributed by atoms with Crippen LogP contribution in [0.4, 0.5) is 0 Å². The molecular formula is C15H14O4. The molecule has 0 bridgehead atoms. The molecule has 0 N–H and O–H groups in total. The molecule has 0 aliphatic carbocycles. The van der Waals surface area contributed by atoms with Gasteiger partial charge in [-0.1, -0.05) is 0 Å². The molecule has 0 fully saturated rings. The van der Waals surface area contributed by atoms with Crippen molar-refractivity contribution in [1.29, 1.82) is 0 Å². The Bertz CT molecular complexity index is 578. The summed E-state index contributed by atoms with van der Waals surface area (Å²) in [6.45, 7) is 0. The van der Waals surface area contributed by atoms with E-state index in [2.05, 4.69) is 4.74 Å². The van der Waals surface area contributed by atoms with Gasteiger partial charge in [-0.05, 0) is 36.4 Å². The van der Waals surface area contributed by atoms with E-state index in [9.17, 15) is 4.79 Å². The molecule has 0 atom stereocenters. The fourth-order valence-corrected chi connectivity index (χ4v) is 1.65. The molecule has 0 saturated heterocycles. The van der Waals surface area contributed by atoms with Crippen LogP contribution in [0.1, 0.15) is 5.56 Å². The molecule has 4 nitrogen and oxygen atoms in total. The summed E-state index contributed by atoms with van der Waals surface area (Å²) in [4.78, 5) is 11.1. The van der Waals surface area contributed by atoms with Crippen molar-refractivity contribution >= 4 is 12.0 Å². The number of hydrogen-bond donors (Lipinski definition) is 0. The number of methoxy groups -OCH3 is 2. The zero-order chi connectivity index (χ0) is 13.7. The van der Waals surface area contributed by atoms with Crippen molar-refractivity contribution in [3.63, 3.8) is 0 Å². The van der Waals surface area contributed by atoms with Gasteiger partial charge >= 0.3 is 5.97 Å². The fraction of sp³-hybridized carbons (Fsp3) is 0.133. The second kappa shape index (κ2) is 5.91. The third kappa shape index (κ3) is 3.04. The van der Waals surface area contributed by atoms with Gasteiger partial charge in [0.05, 0.1) is 20.5 Å². The summed E-state index contributed by atoms with van der Waals surface area (Å²) in [5.41, 5.74) is 1.73. The van der Waals surface area contributed by atoms with Crippen LogP contribution >= 0.6 is 0 Å². The number of ether oxygens (including phenoxy) is 2. The minimum absolute atomic E-state index is 0.401. The fourth-order valence-electron chi connectivity index (χ4n) is 1.65. The van der Waals surface area contributed by atoms with Crippen molar-refractivity contribution in [3.05, 3.63) is 48.2 Å². The van der Waals surface area contributed by atoms with E-state index in [1.165, 1.54) is 13.2 Å². The molecule has 0 saturated carbocycles. The number of furan rings is 1. The first kappa shape index (κ1) is 13.0. The molecule has 19 heavy (non-hydrogen) atoms. The molecule has 1 aromatic heterocycles. The van der Waals surface area contributed by atoms with Crippen LogP contribution in [0.15, 0.2) is 47.1 Å². The van der Waals surface area contributed by atoms with Crippen LogP contribution in [0, 0.1) is 0 Å². The summed E-state index contributed by atoms with van der Waals surface area (Å²) < 4.78 is 15.1. The van der Waals surface area contributed by atoms with Crippen molar-refractivity contribution < 1.29 is 18.7 Å². The monoisotopic (exact) mass is 258 g/mol. The Morgan fingerprint density at radius 2 is 1.89 bits per heavy atom. The normalized spacial score (nSPS) is 10.6. The van der Waals surface area contributed by atoms with Crippen molar-refractivity contribution in [3.8, 4) is 17.1 Å². The molecule has 4 heteroatoms. The summed E-state index contributed by atoms with van der Waals surface area (Å²) >= 11 is 0. The third-order valence-electron chi connectivity index (χ3n) is 2.65.